The summed E-state index contributed by atoms with van der Waals surface area (Å²) in [6, 6.07) is 1.23. The molecule has 1 aliphatic rings. The highest BCUT2D eigenvalue weighted by Crippen LogP contribution is 2.30. The molecular weight excluding hydrogens is 234 g/mol. The van der Waals surface area contributed by atoms with Crippen LogP contribution in [0.5, 0.6) is 0 Å². The molecule has 1 unspecified atom stereocenters. The van der Waals surface area contributed by atoms with Gasteiger partial charge in [-0.05, 0) is 25.8 Å². The Morgan fingerprint density at radius 1 is 1.44 bits per heavy atom. The number of nitrogens with one attached hydrogen (secondary N) is 1. The van der Waals surface area contributed by atoms with Gasteiger partial charge in [-0.1, -0.05) is 12.8 Å². The normalized spacial score (nSPS) is 19.4. The third-order valence-electron chi connectivity index (χ3n) is 3.53. The highest BCUT2D eigenvalue weighted by Gasteiger charge is 2.43. The number of carboxylic acids is 1. The van der Waals surface area contributed by atoms with E-state index in [1.54, 1.807) is 25.4 Å². The van der Waals surface area contributed by atoms with Crippen LogP contribution in [0.15, 0.2) is 18.5 Å². The molecule has 2 rings (SSSR count). The summed E-state index contributed by atoms with van der Waals surface area (Å²) in [5.41, 5.74) is -1.08. The molecule has 1 amide bonds. The second-order valence-electron chi connectivity index (χ2n) is 4.75. The van der Waals surface area contributed by atoms with E-state index in [1.807, 2.05) is 0 Å². The van der Waals surface area contributed by atoms with Gasteiger partial charge in [0.05, 0.1) is 0 Å². The van der Waals surface area contributed by atoms with Gasteiger partial charge in [0, 0.05) is 12.4 Å². The number of rotatable bonds is 4. The summed E-state index contributed by atoms with van der Waals surface area (Å²) >= 11 is 0. The Morgan fingerprint density at radius 2 is 2.11 bits per heavy atom. The largest absolute Gasteiger partial charge is 0.480 e. The first-order valence-corrected chi connectivity index (χ1v) is 6.10. The monoisotopic (exact) mass is 251 g/mol. The lowest BCUT2D eigenvalue weighted by Crippen LogP contribution is -2.54. The summed E-state index contributed by atoms with van der Waals surface area (Å²) in [6.45, 7) is 1.70. The van der Waals surface area contributed by atoms with E-state index in [0.29, 0.717) is 12.8 Å². The smallest absolute Gasteiger partial charge is 0.329 e. The quantitative estimate of drug-likeness (QED) is 0.834. The molecule has 6 heteroatoms. The number of hydrogen-bond acceptors (Lipinski definition) is 3. The van der Waals surface area contributed by atoms with Crippen molar-refractivity contribution in [2.24, 2.45) is 0 Å². The molecule has 0 radical (unpaired) electrons. The highest BCUT2D eigenvalue weighted by molar-refractivity contribution is 5.88. The molecule has 1 atom stereocenters. The lowest BCUT2D eigenvalue weighted by Gasteiger charge is -2.27. The van der Waals surface area contributed by atoms with Gasteiger partial charge < -0.3 is 10.4 Å². The number of aliphatic carboxylic acids is 1. The van der Waals surface area contributed by atoms with Crippen molar-refractivity contribution >= 4 is 11.9 Å². The molecule has 0 aliphatic heterocycles. The van der Waals surface area contributed by atoms with Crippen LogP contribution in [0, 0.1) is 0 Å². The third kappa shape index (κ3) is 2.23. The number of amides is 1. The summed E-state index contributed by atoms with van der Waals surface area (Å²) in [5, 5.41) is 16.0. The van der Waals surface area contributed by atoms with Gasteiger partial charge in [0.2, 0.25) is 5.91 Å². The van der Waals surface area contributed by atoms with Gasteiger partial charge in [-0.3, -0.25) is 9.48 Å². The molecule has 1 aromatic rings. The van der Waals surface area contributed by atoms with E-state index >= 15 is 0 Å². The summed E-state index contributed by atoms with van der Waals surface area (Å²) in [7, 11) is 0. The van der Waals surface area contributed by atoms with Crippen LogP contribution in [0.1, 0.15) is 38.6 Å². The number of hydrogen-bond donors (Lipinski definition) is 2. The molecule has 2 N–H and O–H groups in total. The molecule has 98 valence electrons. The molecule has 0 saturated heterocycles. The van der Waals surface area contributed by atoms with Crippen molar-refractivity contribution in [1.82, 2.24) is 15.1 Å². The van der Waals surface area contributed by atoms with Gasteiger partial charge in [-0.2, -0.15) is 5.10 Å². The lowest BCUT2D eigenvalue weighted by atomic mass is 9.97. The van der Waals surface area contributed by atoms with Crippen molar-refractivity contribution in [2.75, 3.05) is 0 Å². The van der Waals surface area contributed by atoms with Crippen molar-refractivity contribution < 1.29 is 14.7 Å². The van der Waals surface area contributed by atoms with Crippen molar-refractivity contribution in [1.29, 1.82) is 0 Å². The average Bonchev–Trinajstić information content (AvgIpc) is 2.99. The maximum atomic E-state index is 12.1. The van der Waals surface area contributed by atoms with E-state index in [2.05, 4.69) is 10.4 Å². The van der Waals surface area contributed by atoms with Crippen LogP contribution in [-0.4, -0.2) is 32.3 Å². The topological polar surface area (TPSA) is 84.2 Å². The van der Waals surface area contributed by atoms with Crippen LogP contribution >= 0.6 is 0 Å². The number of carbonyl (C=O) groups excluding carboxylic acids is 1. The number of aromatic nitrogens is 2. The van der Waals surface area contributed by atoms with Crippen LogP contribution in [0.2, 0.25) is 0 Å². The predicted molar refractivity (Wildman–Crippen MR) is 63.9 cm³/mol. The van der Waals surface area contributed by atoms with E-state index in [-0.39, 0.29) is 5.91 Å². The Kier molecular flexibility index (Phi) is 3.36. The van der Waals surface area contributed by atoms with Gasteiger partial charge in [0.25, 0.3) is 0 Å². The summed E-state index contributed by atoms with van der Waals surface area (Å²) in [6.07, 6.45) is 5.95. The number of nitrogens with zero attached hydrogens (tertiary/aromatic N) is 2. The summed E-state index contributed by atoms with van der Waals surface area (Å²) in [5.74, 6) is -1.25. The van der Waals surface area contributed by atoms with E-state index < -0.39 is 17.6 Å². The maximum Gasteiger partial charge on any atom is 0.329 e. The summed E-state index contributed by atoms with van der Waals surface area (Å²) < 4.78 is 1.51. The molecule has 1 fully saturated rings. The molecular formula is C12H17N3O3. The molecule has 1 heterocycles. The van der Waals surface area contributed by atoms with Crippen LogP contribution in [0.4, 0.5) is 0 Å². The number of carbonyl (C=O) groups is 2. The Bertz CT molecular complexity index is 435. The van der Waals surface area contributed by atoms with E-state index in [0.717, 1.165) is 12.8 Å². The van der Waals surface area contributed by atoms with Gasteiger partial charge in [0.15, 0.2) is 0 Å². The minimum Gasteiger partial charge on any atom is -0.480 e. The fourth-order valence-corrected chi connectivity index (χ4v) is 2.34. The zero-order valence-electron chi connectivity index (χ0n) is 10.3. The zero-order valence-corrected chi connectivity index (χ0v) is 10.3. The van der Waals surface area contributed by atoms with Gasteiger partial charge in [-0.15, -0.1) is 0 Å². The van der Waals surface area contributed by atoms with Crippen molar-refractivity contribution in [3.63, 3.8) is 0 Å². The predicted octanol–water partition coefficient (Wildman–Crippen LogP) is 0.958. The standard InChI is InChI=1S/C12H17N3O3/c1-9(15-8-4-7-13-15)10(16)14-12(11(17)18)5-2-3-6-12/h4,7-9H,2-3,5-6H2,1H3,(H,14,16)(H,17,18). The fraction of sp³-hybridized carbons (Fsp3) is 0.583. The third-order valence-corrected chi connectivity index (χ3v) is 3.53. The second-order valence-corrected chi connectivity index (χ2v) is 4.75. The maximum absolute atomic E-state index is 12.1. The van der Waals surface area contributed by atoms with Gasteiger partial charge in [0.1, 0.15) is 11.6 Å². The first-order valence-electron chi connectivity index (χ1n) is 6.10. The average molecular weight is 251 g/mol. The van der Waals surface area contributed by atoms with Crippen LogP contribution in [0.25, 0.3) is 0 Å². The van der Waals surface area contributed by atoms with Crippen LogP contribution in [0.3, 0.4) is 0 Å². The zero-order chi connectivity index (χ0) is 13.2. The van der Waals surface area contributed by atoms with Crippen molar-refractivity contribution in [2.45, 2.75) is 44.2 Å². The van der Waals surface area contributed by atoms with Crippen molar-refractivity contribution in [3.8, 4) is 0 Å². The lowest BCUT2D eigenvalue weighted by molar-refractivity contribution is -0.148. The van der Waals surface area contributed by atoms with E-state index in [4.69, 9.17) is 0 Å². The van der Waals surface area contributed by atoms with E-state index in [1.165, 1.54) is 4.68 Å². The molecule has 1 aliphatic carbocycles. The minimum atomic E-state index is -1.08. The number of carboxylic acid groups (broad SMARTS) is 1. The van der Waals surface area contributed by atoms with Crippen LogP contribution < -0.4 is 5.32 Å². The molecule has 0 bridgehead atoms. The molecule has 0 spiro atoms. The minimum absolute atomic E-state index is 0.303. The Hall–Kier alpha value is -1.85. The Morgan fingerprint density at radius 3 is 2.61 bits per heavy atom. The highest BCUT2D eigenvalue weighted by atomic mass is 16.4. The molecule has 18 heavy (non-hydrogen) atoms. The van der Waals surface area contributed by atoms with Gasteiger partial charge >= 0.3 is 5.97 Å². The van der Waals surface area contributed by atoms with Crippen molar-refractivity contribution in [3.05, 3.63) is 18.5 Å². The van der Waals surface area contributed by atoms with Crippen LogP contribution in [-0.2, 0) is 9.59 Å². The van der Waals surface area contributed by atoms with Gasteiger partial charge in [-0.25, -0.2) is 4.79 Å². The summed E-state index contributed by atoms with van der Waals surface area (Å²) in [4.78, 5) is 23.4. The second kappa shape index (κ2) is 4.80. The van der Waals surface area contributed by atoms with E-state index in [9.17, 15) is 14.7 Å². The first kappa shape index (κ1) is 12.6. The molecule has 1 aromatic heterocycles. The fourth-order valence-electron chi connectivity index (χ4n) is 2.34. The molecule has 1 saturated carbocycles. The Balaban J connectivity index is 2.08. The first-order chi connectivity index (χ1) is 8.55. The molecule has 0 aromatic carbocycles. The Labute approximate surface area is 105 Å². The SMILES string of the molecule is CC(C(=O)NC1(C(=O)O)CCCC1)n1cccn1. The molecule has 6 nitrogen and oxygen atoms in total.